The van der Waals surface area contributed by atoms with E-state index < -0.39 is 0 Å². The monoisotopic (exact) mass is 225 g/mol. The molecule has 0 radical (unpaired) electrons. The highest BCUT2D eigenvalue weighted by molar-refractivity contribution is 6.31. The van der Waals surface area contributed by atoms with E-state index in [0.29, 0.717) is 5.92 Å². The van der Waals surface area contributed by atoms with Crippen LogP contribution in [0.15, 0.2) is 18.2 Å². The van der Waals surface area contributed by atoms with Crippen molar-refractivity contribution in [2.75, 3.05) is 0 Å². The largest absolute Gasteiger partial charge is 0.328 e. The van der Waals surface area contributed by atoms with Crippen LogP contribution in [0.5, 0.6) is 0 Å². The summed E-state index contributed by atoms with van der Waals surface area (Å²) in [6, 6.07) is 6.53. The smallest absolute Gasteiger partial charge is 0.0435 e. The van der Waals surface area contributed by atoms with E-state index in [2.05, 4.69) is 26.0 Å². The highest BCUT2D eigenvalue weighted by Gasteiger charge is 2.07. The first-order valence-corrected chi connectivity index (χ1v) is 5.87. The Bertz CT molecular complexity index is 320. The maximum Gasteiger partial charge on any atom is 0.0435 e. The summed E-state index contributed by atoms with van der Waals surface area (Å²) in [6.07, 6.45) is 2.15. The lowest BCUT2D eigenvalue weighted by Gasteiger charge is -2.14. The first-order valence-electron chi connectivity index (χ1n) is 5.49. The molecule has 84 valence electrons. The van der Waals surface area contributed by atoms with E-state index in [0.717, 1.165) is 23.4 Å². The van der Waals surface area contributed by atoms with Gasteiger partial charge in [0.05, 0.1) is 0 Å². The molecule has 1 nitrogen and oxygen atoms in total. The van der Waals surface area contributed by atoms with Crippen molar-refractivity contribution < 1.29 is 0 Å². The molecule has 0 aliphatic carbocycles. The van der Waals surface area contributed by atoms with Gasteiger partial charge in [0.15, 0.2) is 0 Å². The van der Waals surface area contributed by atoms with Gasteiger partial charge in [-0.05, 0) is 49.8 Å². The van der Waals surface area contributed by atoms with Crippen LogP contribution in [0.1, 0.15) is 31.4 Å². The van der Waals surface area contributed by atoms with E-state index in [9.17, 15) is 0 Å². The van der Waals surface area contributed by atoms with Crippen molar-refractivity contribution >= 4 is 11.6 Å². The number of nitrogens with two attached hydrogens (primary N) is 1. The Morgan fingerprint density at radius 3 is 2.53 bits per heavy atom. The predicted octanol–water partition coefficient (Wildman–Crippen LogP) is 3.56. The number of hydrogen-bond donors (Lipinski definition) is 1. The Balaban J connectivity index is 2.60. The molecule has 2 atom stereocenters. The number of hydrogen-bond acceptors (Lipinski definition) is 1. The maximum absolute atomic E-state index is 5.98. The molecule has 0 saturated carbocycles. The third-order valence-corrected chi connectivity index (χ3v) is 3.00. The summed E-state index contributed by atoms with van der Waals surface area (Å²) in [5.41, 5.74) is 8.29. The van der Waals surface area contributed by atoms with Crippen LogP contribution >= 0.6 is 11.6 Å². The number of rotatable bonds is 4. The molecule has 0 aliphatic rings. The lowest BCUT2D eigenvalue weighted by Crippen LogP contribution is -2.19. The minimum absolute atomic E-state index is 0.286. The number of halogens is 1. The van der Waals surface area contributed by atoms with E-state index in [4.69, 9.17) is 17.3 Å². The summed E-state index contributed by atoms with van der Waals surface area (Å²) in [5, 5.41) is 0.846. The molecule has 0 fully saturated rings. The molecule has 0 aliphatic heterocycles. The zero-order valence-electron chi connectivity index (χ0n) is 9.76. The zero-order chi connectivity index (χ0) is 11.4. The fourth-order valence-electron chi connectivity index (χ4n) is 1.95. The summed E-state index contributed by atoms with van der Waals surface area (Å²) < 4.78 is 0. The van der Waals surface area contributed by atoms with Crippen molar-refractivity contribution in [3.05, 3.63) is 34.3 Å². The lowest BCUT2D eigenvalue weighted by molar-refractivity contribution is 0.480. The van der Waals surface area contributed by atoms with Crippen molar-refractivity contribution in [3.8, 4) is 0 Å². The molecule has 0 bridgehead atoms. The summed E-state index contributed by atoms with van der Waals surface area (Å²) in [6.45, 7) is 6.35. The van der Waals surface area contributed by atoms with Crippen molar-refractivity contribution in [1.82, 2.24) is 0 Å². The van der Waals surface area contributed by atoms with Gasteiger partial charge in [-0.15, -0.1) is 0 Å². The Morgan fingerprint density at radius 1 is 1.33 bits per heavy atom. The second kappa shape index (κ2) is 5.53. The molecule has 15 heavy (non-hydrogen) atoms. The van der Waals surface area contributed by atoms with Gasteiger partial charge in [0, 0.05) is 11.1 Å². The first-order chi connectivity index (χ1) is 6.99. The van der Waals surface area contributed by atoms with Gasteiger partial charge in [0.25, 0.3) is 0 Å². The van der Waals surface area contributed by atoms with Gasteiger partial charge in [0.2, 0.25) is 0 Å². The van der Waals surface area contributed by atoms with Gasteiger partial charge in [-0.25, -0.2) is 0 Å². The van der Waals surface area contributed by atoms with Gasteiger partial charge in [-0.1, -0.05) is 30.7 Å². The molecule has 1 aromatic carbocycles. The molecular formula is C13H20ClN. The van der Waals surface area contributed by atoms with Crippen molar-refractivity contribution in [2.24, 2.45) is 11.7 Å². The summed E-state index contributed by atoms with van der Waals surface area (Å²) in [4.78, 5) is 0. The molecule has 1 aromatic rings. The highest BCUT2D eigenvalue weighted by Crippen LogP contribution is 2.19. The summed E-state index contributed by atoms with van der Waals surface area (Å²) >= 11 is 5.98. The molecule has 2 N–H and O–H groups in total. The van der Waals surface area contributed by atoms with Gasteiger partial charge >= 0.3 is 0 Å². The van der Waals surface area contributed by atoms with Crippen molar-refractivity contribution in [1.29, 1.82) is 0 Å². The number of benzene rings is 1. The molecule has 0 heterocycles. The van der Waals surface area contributed by atoms with Gasteiger partial charge in [-0.2, -0.15) is 0 Å². The minimum Gasteiger partial charge on any atom is -0.328 e. The molecule has 2 unspecified atom stereocenters. The standard InChI is InChI=1S/C13H20ClN/c1-9(6-11(3)15)7-12-4-5-13(14)10(2)8-12/h4-5,8-9,11H,6-7,15H2,1-3H3. The topological polar surface area (TPSA) is 26.0 Å². The van der Waals surface area contributed by atoms with Crippen LogP contribution in [0, 0.1) is 12.8 Å². The average Bonchev–Trinajstić information content (AvgIpc) is 2.10. The summed E-state index contributed by atoms with van der Waals surface area (Å²) in [5.74, 6) is 0.630. The second-order valence-electron chi connectivity index (χ2n) is 4.61. The third-order valence-electron chi connectivity index (χ3n) is 2.58. The van der Waals surface area contributed by atoms with Crippen LogP contribution < -0.4 is 5.73 Å². The molecular weight excluding hydrogens is 206 g/mol. The Morgan fingerprint density at radius 2 is 2.00 bits per heavy atom. The number of aryl methyl sites for hydroxylation is 1. The molecule has 0 spiro atoms. The fourth-order valence-corrected chi connectivity index (χ4v) is 2.07. The highest BCUT2D eigenvalue weighted by atomic mass is 35.5. The van der Waals surface area contributed by atoms with E-state index in [-0.39, 0.29) is 6.04 Å². The first kappa shape index (κ1) is 12.5. The molecule has 0 saturated heterocycles. The maximum atomic E-state index is 5.98. The second-order valence-corrected chi connectivity index (χ2v) is 5.01. The van der Waals surface area contributed by atoms with Gasteiger partial charge in [0.1, 0.15) is 0 Å². The Kier molecular flexibility index (Phi) is 4.62. The molecule has 2 heteroatoms. The van der Waals surface area contributed by atoms with Gasteiger partial charge in [-0.3, -0.25) is 0 Å². The van der Waals surface area contributed by atoms with Crippen LogP contribution in [0.3, 0.4) is 0 Å². The van der Waals surface area contributed by atoms with Gasteiger partial charge < -0.3 is 5.73 Å². The quantitative estimate of drug-likeness (QED) is 0.833. The zero-order valence-corrected chi connectivity index (χ0v) is 10.5. The van der Waals surface area contributed by atoms with E-state index in [1.54, 1.807) is 0 Å². The van der Waals surface area contributed by atoms with Crippen LogP contribution in [0.25, 0.3) is 0 Å². The van der Waals surface area contributed by atoms with E-state index in [1.165, 1.54) is 5.56 Å². The van der Waals surface area contributed by atoms with Crippen LogP contribution in [0.4, 0.5) is 0 Å². The van der Waals surface area contributed by atoms with E-state index in [1.807, 2.05) is 13.0 Å². The van der Waals surface area contributed by atoms with Crippen LogP contribution in [-0.4, -0.2) is 6.04 Å². The summed E-state index contributed by atoms with van der Waals surface area (Å²) in [7, 11) is 0. The van der Waals surface area contributed by atoms with E-state index >= 15 is 0 Å². The molecule has 1 rings (SSSR count). The predicted molar refractivity (Wildman–Crippen MR) is 67.3 cm³/mol. The van der Waals surface area contributed by atoms with Crippen LogP contribution in [-0.2, 0) is 6.42 Å². The Hall–Kier alpha value is -0.530. The van der Waals surface area contributed by atoms with Crippen LogP contribution in [0.2, 0.25) is 5.02 Å². The van der Waals surface area contributed by atoms with Crippen molar-refractivity contribution in [3.63, 3.8) is 0 Å². The SMILES string of the molecule is Cc1cc(CC(C)CC(C)N)ccc1Cl. The minimum atomic E-state index is 0.286. The normalized spacial score (nSPS) is 15.0. The molecule has 0 amide bonds. The third kappa shape index (κ3) is 4.23. The average molecular weight is 226 g/mol. The fraction of sp³-hybridized carbons (Fsp3) is 0.538. The van der Waals surface area contributed by atoms with Crippen molar-refractivity contribution in [2.45, 2.75) is 39.7 Å². The lowest BCUT2D eigenvalue weighted by atomic mass is 9.94. The molecule has 0 aromatic heterocycles. The Labute approximate surface area is 97.6 Å².